The Morgan fingerprint density at radius 2 is 1.78 bits per heavy atom. The van der Waals surface area contributed by atoms with E-state index in [1.54, 1.807) is 7.11 Å². The topological polar surface area (TPSA) is 94.0 Å². The predicted molar refractivity (Wildman–Crippen MR) is 123 cm³/mol. The van der Waals surface area contributed by atoms with Gasteiger partial charge in [-0.1, -0.05) is 17.7 Å². The largest absolute Gasteiger partial charge is 0.375 e. The molecule has 5 rings (SSSR count). The Labute approximate surface area is 187 Å². The number of aryl methyl sites for hydroxylation is 1. The Balaban J connectivity index is 1.36. The molecular weight excluding hydrogens is 404 g/mol. The van der Waals surface area contributed by atoms with Gasteiger partial charge in [-0.05, 0) is 57.6 Å². The van der Waals surface area contributed by atoms with Crippen molar-refractivity contribution in [3.8, 4) is 5.69 Å². The molecule has 2 aliphatic carbocycles. The third kappa shape index (κ3) is 4.46. The Bertz CT molecular complexity index is 1100. The molecule has 0 radical (unpaired) electrons. The molecule has 32 heavy (non-hydrogen) atoms. The number of methoxy groups -OCH3 is 1. The lowest BCUT2D eigenvalue weighted by Crippen LogP contribution is -2.41. The number of hydrogen-bond donors (Lipinski definition) is 2. The molecule has 3 aromatic rings. The van der Waals surface area contributed by atoms with E-state index in [0.717, 1.165) is 66.9 Å². The van der Waals surface area contributed by atoms with Crippen LogP contribution in [0, 0.1) is 6.92 Å². The molecule has 8 heteroatoms. The molecule has 8 nitrogen and oxygen atoms in total. The van der Waals surface area contributed by atoms with Crippen molar-refractivity contribution in [2.75, 3.05) is 19.0 Å². The fourth-order valence-electron chi connectivity index (χ4n) is 4.41. The molecule has 2 aromatic heterocycles. The second kappa shape index (κ2) is 8.86. The van der Waals surface area contributed by atoms with Gasteiger partial charge in [0.05, 0.1) is 17.3 Å². The van der Waals surface area contributed by atoms with Crippen LogP contribution in [0.2, 0.25) is 0 Å². The van der Waals surface area contributed by atoms with Gasteiger partial charge in [-0.3, -0.25) is 4.79 Å². The maximum Gasteiger partial charge on any atom is 0.246 e. The van der Waals surface area contributed by atoms with E-state index in [0.29, 0.717) is 12.0 Å². The quantitative estimate of drug-likeness (QED) is 0.591. The molecule has 0 atom stereocenters. The summed E-state index contributed by atoms with van der Waals surface area (Å²) in [4.78, 5) is 21.6. The van der Waals surface area contributed by atoms with Gasteiger partial charge in [0.15, 0.2) is 5.65 Å². The van der Waals surface area contributed by atoms with E-state index in [1.807, 2.05) is 10.9 Å². The minimum atomic E-state index is -0.0426. The maximum atomic E-state index is 11.8. The van der Waals surface area contributed by atoms with Crippen LogP contribution < -0.4 is 10.6 Å². The van der Waals surface area contributed by atoms with Crippen molar-refractivity contribution in [2.24, 2.45) is 0 Å². The van der Waals surface area contributed by atoms with E-state index >= 15 is 0 Å². The number of nitrogens with zero attached hydrogens (tertiary/aromatic N) is 4. The lowest BCUT2D eigenvalue weighted by Gasteiger charge is -2.30. The minimum absolute atomic E-state index is 0.0426. The van der Waals surface area contributed by atoms with Crippen molar-refractivity contribution in [3.05, 3.63) is 41.9 Å². The maximum absolute atomic E-state index is 11.8. The highest BCUT2D eigenvalue weighted by Gasteiger charge is 2.29. The van der Waals surface area contributed by atoms with Gasteiger partial charge < -0.3 is 15.4 Å². The van der Waals surface area contributed by atoms with E-state index in [4.69, 9.17) is 14.7 Å². The molecular formula is C24H30N6O2. The van der Waals surface area contributed by atoms with Crippen molar-refractivity contribution in [2.45, 2.75) is 63.5 Å². The summed E-state index contributed by atoms with van der Waals surface area (Å²) in [6.07, 6.45) is 8.01. The summed E-state index contributed by atoms with van der Waals surface area (Å²) in [5.74, 6) is 2.20. The number of carbonyl (C=O) groups is 1. The first kappa shape index (κ1) is 20.9. The Kier molecular flexibility index (Phi) is 5.78. The molecule has 0 unspecified atom stereocenters. The third-order valence-electron chi connectivity index (χ3n) is 6.38. The molecule has 2 N–H and O–H groups in total. The van der Waals surface area contributed by atoms with Crippen LogP contribution in [-0.2, 0) is 9.53 Å². The first-order valence-electron chi connectivity index (χ1n) is 11.5. The summed E-state index contributed by atoms with van der Waals surface area (Å²) in [7, 11) is 1.54. The molecule has 2 aliphatic rings. The van der Waals surface area contributed by atoms with Gasteiger partial charge in [-0.2, -0.15) is 5.10 Å². The average Bonchev–Trinajstić information content (AvgIpc) is 3.55. The van der Waals surface area contributed by atoms with Crippen molar-refractivity contribution in [1.29, 1.82) is 0 Å². The van der Waals surface area contributed by atoms with Gasteiger partial charge in [-0.25, -0.2) is 14.6 Å². The van der Waals surface area contributed by atoms with Gasteiger partial charge in [0.2, 0.25) is 5.91 Å². The van der Waals surface area contributed by atoms with Gasteiger partial charge in [0.1, 0.15) is 18.2 Å². The van der Waals surface area contributed by atoms with Crippen molar-refractivity contribution < 1.29 is 9.53 Å². The molecule has 0 saturated heterocycles. The summed E-state index contributed by atoms with van der Waals surface area (Å²) >= 11 is 0. The molecule has 2 saturated carbocycles. The predicted octanol–water partition coefficient (Wildman–Crippen LogP) is 3.49. The average molecular weight is 435 g/mol. The highest BCUT2D eigenvalue weighted by atomic mass is 16.5. The normalized spacial score (nSPS) is 20.9. The van der Waals surface area contributed by atoms with Crippen LogP contribution in [0.25, 0.3) is 16.7 Å². The number of aromatic nitrogens is 4. The molecule has 0 aliphatic heterocycles. The zero-order valence-corrected chi connectivity index (χ0v) is 18.7. The fourth-order valence-corrected chi connectivity index (χ4v) is 4.41. The van der Waals surface area contributed by atoms with Crippen molar-refractivity contribution in [3.63, 3.8) is 0 Å². The number of anilines is 1. The van der Waals surface area contributed by atoms with Crippen LogP contribution in [0.4, 0.5) is 5.82 Å². The number of rotatable bonds is 7. The molecule has 168 valence electrons. The zero-order chi connectivity index (χ0) is 22.1. The van der Waals surface area contributed by atoms with Gasteiger partial charge in [0.25, 0.3) is 0 Å². The van der Waals surface area contributed by atoms with Crippen LogP contribution in [0.1, 0.15) is 55.8 Å². The molecule has 0 bridgehead atoms. The first-order valence-corrected chi connectivity index (χ1v) is 11.5. The fraction of sp³-hybridized carbons (Fsp3) is 0.500. The monoisotopic (exact) mass is 434 g/mol. The van der Waals surface area contributed by atoms with E-state index in [-0.39, 0.29) is 18.6 Å². The van der Waals surface area contributed by atoms with Crippen LogP contribution in [0.3, 0.4) is 0 Å². The van der Waals surface area contributed by atoms with Crippen LogP contribution in [0.15, 0.2) is 30.5 Å². The molecule has 0 spiro atoms. The zero-order valence-electron chi connectivity index (χ0n) is 18.7. The van der Waals surface area contributed by atoms with Crippen molar-refractivity contribution in [1.82, 2.24) is 25.1 Å². The standard InChI is InChI=1S/C24H30N6O2/c1-15-3-11-19(12-4-15)30-24-20(13-25-30)23(28-22(29-24)16-5-6-16)27-18-9-7-17(8-10-18)26-21(31)14-32-2/h3-4,11-13,16-18H,5-10,14H2,1-2H3,(H,26,31)(H,27,28,29). The highest BCUT2D eigenvalue weighted by Crippen LogP contribution is 2.40. The second-order valence-corrected chi connectivity index (χ2v) is 9.03. The van der Waals surface area contributed by atoms with Gasteiger partial charge >= 0.3 is 0 Å². The Morgan fingerprint density at radius 3 is 2.47 bits per heavy atom. The summed E-state index contributed by atoms with van der Waals surface area (Å²) in [5.41, 5.74) is 3.08. The SMILES string of the molecule is COCC(=O)NC1CCC(Nc2nc(C3CC3)nc3c2cnn3-c2ccc(C)cc2)CC1. The minimum Gasteiger partial charge on any atom is -0.375 e. The Morgan fingerprint density at radius 1 is 1.06 bits per heavy atom. The lowest BCUT2D eigenvalue weighted by molar-refractivity contribution is -0.125. The second-order valence-electron chi connectivity index (χ2n) is 9.03. The summed E-state index contributed by atoms with van der Waals surface area (Å²) in [6, 6.07) is 8.87. The van der Waals surface area contributed by atoms with E-state index in [9.17, 15) is 4.79 Å². The first-order chi connectivity index (χ1) is 15.6. The number of benzene rings is 1. The van der Waals surface area contributed by atoms with Gasteiger partial charge in [-0.15, -0.1) is 0 Å². The molecule has 1 aromatic carbocycles. The van der Waals surface area contributed by atoms with E-state index in [1.165, 1.54) is 5.56 Å². The smallest absolute Gasteiger partial charge is 0.246 e. The molecule has 2 fully saturated rings. The van der Waals surface area contributed by atoms with Gasteiger partial charge in [0, 0.05) is 25.1 Å². The summed E-state index contributed by atoms with van der Waals surface area (Å²) < 4.78 is 6.83. The number of ether oxygens (including phenoxy) is 1. The lowest BCUT2D eigenvalue weighted by atomic mass is 9.91. The molecule has 2 heterocycles. The number of carbonyl (C=O) groups excluding carboxylic acids is 1. The van der Waals surface area contributed by atoms with Crippen LogP contribution in [0.5, 0.6) is 0 Å². The number of amides is 1. The number of fused-ring (bicyclic) bond motifs is 1. The summed E-state index contributed by atoms with van der Waals surface area (Å²) in [5, 5.41) is 12.3. The van der Waals surface area contributed by atoms with E-state index in [2.05, 4.69) is 46.9 Å². The Hall–Kier alpha value is -3.00. The number of hydrogen-bond acceptors (Lipinski definition) is 6. The molecule has 1 amide bonds. The highest BCUT2D eigenvalue weighted by molar-refractivity contribution is 5.87. The number of nitrogens with one attached hydrogen (secondary N) is 2. The third-order valence-corrected chi connectivity index (χ3v) is 6.38. The van der Waals surface area contributed by atoms with Crippen LogP contribution >= 0.6 is 0 Å². The van der Waals surface area contributed by atoms with E-state index < -0.39 is 0 Å². The summed E-state index contributed by atoms with van der Waals surface area (Å²) in [6.45, 7) is 2.20. The van der Waals surface area contributed by atoms with Crippen LogP contribution in [-0.4, -0.2) is 51.5 Å². The van der Waals surface area contributed by atoms with Crippen molar-refractivity contribution >= 4 is 22.8 Å².